The Balaban J connectivity index is 2.10. The van der Waals surface area contributed by atoms with Crippen molar-refractivity contribution in [2.45, 2.75) is 32.9 Å². The van der Waals surface area contributed by atoms with Crippen molar-refractivity contribution in [3.8, 4) is 0 Å². The molecular formula is C14H20N2O. The molecule has 0 saturated carbocycles. The number of benzene rings is 1. The molecule has 1 aromatic rings. The summed E-state index contributed by atoms with van der Waals surface area (Å²) >= 11 is 0. The number of fused-ring (bicyclic) bond motifs is 1. The first kappa shape index (κ1) is 12.1. The summed E-state index contributed by atoms with van der Waals surface area (Å²) in [6.45, 7) is 5.46. The molecular weight excluding hydrogens is 212 g/mol. The van der Waals surface area contributed by atoms with Gasteiger partial charge < -0.3 is 10.6 Å². The predicted molar refractivity (Wildman–Crippen MR) is 68.4 cm³/mol. The van der Waals surface area contributed by atoms with Crippen molar-refractivity contribution in [3.63, 3.8) is 0 Å². The molecule has 0 fully saturated rings. The van der Waals surface area contributed by atoms with E-state index in [1.807, 2.05) is 24.8 Å². The first-order valence-electron chi connectivity index (χ1n) is 6.20. The molecule has 1 amide bonds. The second-order valence-corrected chi connectivity index (χ2v) is 5.05. The van der Waals surface area contributed by atoms with Crippen LogP contribution in [0.5, 0.6) is 0 Å². The molecule has 2 N–H and O–H groups in total. The third-order valence-corrected chi connectivity index (χ3v) is 3.45. The molecule has 1 heterocycles. The predicted octanol–water partition coefficient (Wildman–Crippen LogP) is 1.55. The average molecular weight is 232 g/mol. The minimum Gasteiger partial charge on any atom is -0.337 e. The Morgan fingerprint density at radius 1 is 1.29 bits per heavy atom. The lowest BCUT2D eigenvalue weighted by molar-refractivity contribution is -0.134. The van der Waals surface area contributed by atoms with Crippen molar-refractivity contribution >= 4 is 5.91 Å². The molecule has 0 spiro atoms. The highest BCUT2D eigenvalue weighted by Gasteiger charge is 2.26. The van der Waals surface area contributed by atoms with Crippen molar-refractivity contribution in [2.24, 2.45) is 11.7 Å². The minimum atomic E-state index is -0.375. The summed E-state index contributed by atoms with van der Waals surface area (Å²) < 4.78 is 0. The number of amides is 1. The van der Waals surface area contributed by atoms with Gasteiger partial charge in [0.05, 0.1) is 6.04 Å². The fraction of sp³-hybridized carbons (Fsp3) is 0.500. The van der Waals surface area contributed by atoms with Crippen LogP contribution in [0.3, 0.4) is 0 Å². The lowest BCUT2D eigenvalue weighted by atomic mass is 9.97. The summed E-state index contributed by atoms with van der Waals surface area (Å²) in [5.74, 6) is 0.272. The van der Waals surface area contributed by atoms with E-state index in [0.29, 0.717) is 6.54 Å². The molecule has 3 nitrogen and oxygen atoms in total. The van der Waals surface area contributed by atoms with Crippen LogP contribution in [0.4, 0.5) is 0 Å². The lowest BCUT2D eigenvalue weighted by Gasteiger charge is -2.31. The van der Waals surface area contributed by atoms with Crippen molar-refractivity contribution < 1.29 is 4.79 Å². The third kappa shape index (κ3) is 2.50. The van der Waals surface area contributed by atoms with Gasteiger partial charge in [-0.1, -0.05) is 38.1 Å². The van der Waals surface area contributed by atoms with Crippen LogP contribution < -0.4 is 5.73 Å². The minimum absolute atomic E-state index is 0.0782. The molecule has 3 heteroatoms. The van der Waals surface area contributed by atoms with Crippen LogP contribution in [0.1, 0.15) is 25.0 Å². The van der Waals surface area contributed by atoms with E-state index in [9.17, 15) is 4.79 Å². The van der Waals surface area contributed by atoms with Crippen molar-refractivity contribution in [2.75, 3.05) is 6.54 Å². The lowest BCUT2D eigenvalue weighted by Crippen LogP contribution is -2.48. The molecule has 1 aliphatic heterocycles. The second-order valence-electron chi connectivity index (χ2n) is 5.05. The van der Waals surface area contributed by atoms with Crippen LogP contribution in [-0.4, -0.2) is 23.4 Å². The summed E-state index contributed by atoms with van der Waals surface area (Å²) in [7, 11) is 0. The highest BCUT2D eigenvalue weighted by atomic mass is 16.2. The Hall–Kier alpha value is -1.35. The van der Waals surface area contributed by atoms with Gasteiger partial charge in [0.2, 0.25) is 5.91 Å². The van der Waals surface area contributed by atoms with E-state index in [1.165, 1.54) is 11.1 Å². The van der Waals surface area contributed by atoms with Gasteiger partial charge in [-0.05, 0) is 23.5 Å². The fourth-order valence-electron chi connectivity index (χ4n) is 2.18. The fourth-order valence-corrected chi connectivity index (χ4v) is 2.18. The summed E-state index contributed by atoms with van der Waals surface area (Å²) in [5, 5.41) is 0. The number of nitrogens with two attached hydrogens (primary N) is 1. The van der Waals surface area contributed by atoms with Gasteiger partial charge in [-0.2, -0.15) is 0 Å². The second kappa shape index (κ2) is 4.88. The number of hydrogen-bond donors (Lipinski definition) is 1. The van der Waals surface area contributed by atoms with E-state index in [4.69, 9.17) is 5.73 Å². The van der Waals surface area contributed by atoms with Gasteiger partial charge in [-0.15, -0.1) is 0 Å². The van der Waals surface area contributed by atoms with Crippen LogP contribution in [0.15, 0.2) is 24.3 Å². The monoisotopic (exact) mass is 232 g/mol. The summed E-state index contributed by atoms with van der Waals surface area (Å²) in [6, 6.07) is 7.93. The molecule has 1 aliphatic rings. The van der Waals surface area contributed by atoms with Crippen molar-refractivity contribution in [3.05, 3.63) is 35.4 Å². The van der Waals surface area contributed by atoms with Gasteiger partial charge in [-0.25, -0.2) is 0 Å². The third-order valence-electron chi connectivity index (χ3n) is 3.45. The Labute approximate surface area is 103 Å². The number of carbonyl (C=O) groups excluding carboxylic acids is 1. The standard InChI is InChI=1S/C14H20N2O/c1-10(2)13(15)14(17)16-8-7-11-5-3-4-6-12(11)9-16/h3-6,10,13H,7-9,15H2,1-2H3/t13-/m0/s1. The zero-order valence-corrected chi connectivity index (χ0v) is 10.5. The van der Waals surface area contributed by atoms with E-state index < -0.39 is 0 Å². The topological polar surface area (TPSA) is 46.3 Å². The molecule has 0 saturated heterocycles. The normalized spacial score (nSPS) is 16.8. The summed E-state index contributed by atoms with van der Waals surface area (Å²) in [6.07, 6.45) is 0.937. The van der Waals surface area contributed by atoms with Crippen LogP contribution in [0.25, 0.3) is 0 Å². The zero-order valence-electron chi connectivity index (χ0n) is 10.5. The van der Waals surface area contributed by atoms with Crippen LogP contribution >= 0.6 is 0 Å². The summed E-state index contributed by atoms with van der Waals surface area (Å²) in [5.41, 5.74) is 8.53. The summed E-state index contributed by atoms with van der Waals surface area (Å²) in [4.78, 5) is 14.0. The maximum atomic E-state index is 12.2. The van der Waals surface area contributed by atoms with Crippen LogP contribution in [0, 0.1) is 5.92 Å². The first-order chi connectivity index (χ1) is 8.09. The SMILES string of the molecule is CC(C)[C@H](N)C(=O)N1CCc2ccccc2C1. The average Bonchev–Trinajstić information content (AvgIpc) is 2.36. The largest absolute Gasteiger partial charge is 0.337 e. The molecule has 92 valence electrons. The molecule has 0 radical (unpaired) electrons. The molecule has 17 heavy (non-hydrogen) atoms. The molecule has 0 unspecified atom stereocenters. The Kier molecular flexibility index (Phi) is 3.48. The van der Waals surface area contributed by atoms with Crippen LogP contribution in [-0.2, 0) is 17.8 Å². The molecule has 0 aromatic heterocycles. The first-order valence-corrected chi connectivity index (χ1v) is 6.20. The van der Waals surface area contributed by atoms with E-state index in [1.54, 1.807) is 0 Å². The zero-order chi connectivity index (χ0) is 12.4. The quantitative estimate of drug-likeness (QED) is 0.841. The molecule has 0 bridgehead atoms. The highest BCUT2D eigenvalue weighted by molar-refractivity contribution is 5.82. The van der Waals surface area contributed by atoms with E-state index in [-0.39, 0.29) is 17.9 Å². The molecule has 1 atom stereocenters. The molecule has 1 aromatic carbocycles. The number of nitrogens with zero attached hydrogens (tertiary/aromatic N) is 1. The van der Waals surface area contributed by atoms with Crippen molar-refractivity contribution in [1.29, 1.82) is 0 Å². The smallest absolute Gasteiger partial charge is 0.240 e. The number of rotatable bonds is 2. The van der Waals surface area contributed by atoms with Gasteiger partial charge in [0.1, 0.15) is 0 Å². The van der Waals surface area contributed by atoms with Gasteiger partial charge in [0.15, 0.2) is 0 Å². The van der Waals surface area contributed by atoms with E-state index >= 15 is 0 Å². The number of hydrogen-bond acceptors (Lipinski definition) is 2. The maximum absolute atomic E-state index is 12.2. The van der Waals surface area contributed by atoms with Crippen molar-refractivity contribution in [1.82, 2.24) is 4.90 Å². The Bertz CT molecular complexity index is 414. The van der Waals surface area contributed by atoms with Gasteiger partial charge in [-0.3, -0.25) is 4.79 Å². The van der Waals surface area contributed by atoms with Gasteiger partial charge >= 0.3 is 0 Å². The van der Waals surface area contributed by atoms with Crippen LogP contribution in [0.2, 0.25) is 0 Å². The Morgan fingerprint density at radius 3 is 2.59 bits per heavy atom. The van der Waals surface area contributed by atoms with E-state index in [2.05, 4.69) is 18.2 Å². The van der Waals surface area contributed by atoms with Gasteiger partial charge in [0, 0.05) is 13.1 Å². The maximum Gasteiger partial charge on any atom is 0.240 e. The van der Waals surface area contributed by atoms with E-state index in [0.717, 1.165) is 13.0 Å². The number of carbonyl (C=O) groups is 1. The molecule has 2 rings (SSSR count). The Morgan fingerprint density at radius 2 is 1.94 bits per heavy atom. The molecule has 0 aliphatic carbocycles. The van der Waals surface area contributed by atoms with Gasteiger partial charge in [0.25, 0.3) is 0 Å². The highest BCUT2D eigenvalue weighted by Crippen LogP contribution is 2.19.